The average molecular weight is 185 g/mol. The molecule has 2 heteroatoms. The zero-order valence-corrected chi connectivity index (χ0v) is 8.67. The molecule has 0 spiro atoms. The van der Waals surface area contributed by atoms with E-state index >= 15 is 0 Å². The lowest BCUT2D eigenvalue weighted by Gasteiger charge is -2.47. The van der Waals surface area contributed by atoms with Gasteiger partial charge in [-0.05, 0) is 18.3 Å². The molecule has 76 valence electrons. The fourth-order valence-corrected chi connectivity index (χ4v) is 2.80. The van der Waals surface area contributed by atoms with Gasteiger partial charge in [0.1, 0.15) is 6.17 Å². The van der Waals surface area contributed by atoms with Gasteiger partial charge in [-0.3, -0.25) is 4.90 Å². The van der Waals surface area contributed by atoms with Crippen molar-refractivity contribution in [1.29, 1.82) is 0 Å². The molecule has 0 amide bonds. The van der Waals surface area contributed by atoms with Gasteiger partial charge in [-0.2, -0.15) is 0 Å². The third-order valence-electron chi connectivity index (χ3n) is 4.00. The van der Waals surface area contributed by atoms with Crippen molar-refractivity contribution in [2.45, 2.75) is 45.3 Å². The molecule has 1 saturated heterocycles. The molecule has 0 aromatic heterocycles. The first-order chi connectivity index (χ1) is 6.18. The molecule has 0 bridgehead atoms. The molecule has 0 N–H and O–H groups in total. The van der Waals surface area contributed by atoms with E-state index in [9.17, 15) is 4.39 Å². The molecule has 0 aromatic carbocycles. The van der Waals surface area contributed by atoms with Crippen molar-refractivity contribution in [1.82, 2.24) is 4.90 Å². The topological polar surface area (TPSA) is 3.24 Å². The number of rotatable bonds is 1. The Kier molecular flexibility index (Phi) is 2.59. The first-order valence-corrected chi connectivity index (χ1v) is 5.56. The van der Waals surface area contributed by atoms with Gasteiger partial charge in [0.15, 0.2) is 0 Å². The number of nitrogens with zero attached hydrogens (tertiary/aromatic N) is 1. The molecular formula is C11H20FN. The molecule has 2 aliphatic rings. The van der Waals surface area contributed by atoms with E-state index in [0.717, 1.165) is 11.8 Å². The Morgan fingerprint density at radius 1 is 1.15 bits per heavy atom. The molecule has 3 atom stereocenters. The summed E-state index contributed by atoms with van der Waals surface area (Å²) in [5.41, 5.74) is 0. The van der Waals surface area contributed by atoms with Crippen molar-refractivity contribution in [2.75, 3.05) is 13.1 Å². The minimum Gasteiger partial charge on any atom is -0.294 e. The number of hydrogen-bond acceptors (Lipinski definition) is 1. The van der Waals surface area contributed by atoms with Crippen LogP contribution in [0.1, 0.15) is 33.1 Å². The fourth-order valence-electron chi connectivity index (χ4n) is 2.80. The summed E-state index contributed by atoms with van der Waals surface area (Å²) >= 11 is 0. The molecule has 1 heterocycles. The van der Waals surface area contributed by atoms with Crippen LogP contribution in [0.5, 0.6) is 0 Å². The van der Waals surface area contributed by atoms with E-state index in [4.69, 9.17) is 0 Å². The molecule has 1 aliphatic carbocycles. The van der Waals surface area contributed by atoms with Gasteiger partial charge in [0.25, 0.3) is 0 Å². The van der Waals surface area contributed by atoms with E-state index in [1.165, 1.54) is 19.3 Å². The summed E-state index contributed by atoms with van der Waals surface area (Å²) in [5, 5.41) is 0. The molecule has 2 fully saturated rings. The zero-order valence-electron chi connectivity index (χ0n) is 8.67. The monoisotopic (exact) mass is 185 g/mol. The van der Waals surface area contributed by atoms with Gasteiger partial charge in [0, 0.05) is 19.1 Å². The Balaban J connectivity index is 1.90. The Morgan fingerprint density at radius 2 is 1.85 bits per heavy atom. The van der Waals surface area contributed by atoms with Gasteiger partial charge in [0.05, 0.1) is 0 Å². The highest BCUT2D eigenvalue weighted by Crippen LogP contribution is 2.34. The smallest absolute Gasteiger partial charge is 0.125 e. The molecule has 0 aromatic rings. The lowest BCUT2D eigenvalue weighted by atomic mass is 9.76. The Bertz CT molecular complexity index is 177. The molecular weight excluding hydrogens is 165 g/mol. The Hall–Kier alpha value is -0.110. The van der Waals surface area contributed by atoms with Gasteiger partial charge < -0.3 is 0 Å². The van der Waals surface area contributed by atoms with Gasteiger partial charge >= 0.3 is 0 Å². The highest BCUT2D eigenvalue weighted by Gasteiger charge is 2.37. The third-order valence-corrected chi connectivity index (χ3v) is 4.00. The highest BCUT2D eigenvalue weighted by atomic mass is 19.1. The standard InChI is InChI=1S/C11H20FN/c1-8-4-3-5-11(9(8)2)13-6-10(12)7-13/h8-11H,3-7H2,1-2H3. The minimum atomic E-state index is -0.538. The maximum absolute atomic E-state index is 12.7. The molecule has 0 radical (unpaired) electrons. The lowest BCUT2D eigenvalue weighted by Crippen LogP contribution is -2.57. The normalized spacial score (nSPS) is 43.2. The molecule has 1 aliphatic heterocycles. The van der Waals surface area contributed by atoms with Crippen LogP contribution in [0, 0.1) is 11.8 Å². The van der Waals surface area contributed by atoms with Crippen molar-refractivity contribution in [3.63, 3.8) is 0 Å². The second-order valence-corrected chi connectivity index (χ2v) is 4.89. The van der Waals surface area contributed by atoms with Gasteiger partial charge in [0.2, 0.25) is 0 Å². The first-order valence-electron chi connectivity index (χ1n) is 5.56. The van der Waals surface area contributed by atoms with Crippen LogP contribution in [0.15, 0.2) is 0 Å². The van der Waals surface area contributed by atoms with Crippen molar-refractivity contribution in [3.8, 4) is 0 Å². The second-order valence-electron chi connectivity index (χ2n) is 4.89. The summed E-state index contributed by atoms with van der Waals surface area (Å²) in [6.07, 6.45) is 3.45. The van der Waals surface area contributed by atoms with E-state index in [1.54, 1.807) is 0 Å². The maximum Gasteiger partial charge on any atom is 0.125 e. The van der Waals surface area contributed by atoms with Crippen molar-refractivity contribution >= 4 is 0 Å². The SMILES string of the molecule is CC1CCCC(N2CC(F)C2)C1C. The van der Waals surface area contributed by atoms with Gasteiger partial charge in [-0.25, -0.2) is 4.39 Å². The molecule has 1 nitrogen and oxygen atoms in total. The summed E-state index contributed by atoms with van der Waals surface area (Å²) in [5.74, 6) is 1.60. The van der Waals surface area contributed by atoms with Crippen LogP contribution in [0.25, 0.3) is 0 Å². The number of halogens is 1. The Labute approximate surface area is 80.3 Å². The van der Waals surface area contributed by atoms with Crippen molar-refractivity contribution in [2.24, 2.45) is 11.8 Å². The third kappa shape index (κ3) is 1.74. The van der Waals surface area contributed by atoms with Crippen molar-refractivity contribution < 1.29 is 4.39 Å². The van der Waals surface area contributed by atoms with E-state index in [-0.39, 0.29) is 0 Å². The summed E-state index contributed by atoms with van der Waals surface area (Å²) in [7, 11) is 0. The first kappa shape index (κ1) is 9.45. The van der Waals surface area contributed by atoms with E-state index in [0.29, 0.717) is 19.1 Å². The Morgan fingerprint density at radius 3 is 2.46 bits per heavy atom. The van der Waals surface area contributed by atoms with E-state index in [2.05, 4.69) is 18.7 Å². The van der Waals surface area contributed by atoms with E-state index < -0.39 is 6.17 Å². The van der Waals surface area contributed by atoms with E-state index in [1.807, 2.05) is 0 Å². The van der Waals surface area contributed by atoms with Crippen LogP contribution in [-0.2, 0) is 0 Å². The predicted molar refractivity (Wildman–Crippen MR) is 52.4 cm³/mol. The molecule has 1 saturated carbocycles. The van der Waals surface area contributed by atoms with Crippen LogP contribution in [-0.4, -0.2) is 30.2 Å². The van der Waals surface area contributed by atoms with Crippen molar-refractivity contribution in [3.05, 3.63) is 0 Å². The average Bonchev–Trinajstić information content (AvgIpc) is 2.05. The highest BCUT2D eigenvalue weighted by molar-refractivity contribution is 4.91. The summed E-state index contributed by atoms with van der Waals surface area (Å²) in [4.78, 5) is 2.34. The molecule has 2 rings (SSSR count). The zero-order chi connectivity index (χ0) is 9.42. The van der Waals surface area contributed by atoms with Crippen LogP contribution >= 0.6 is 0 Å². The predicted octanol–water partition coefficient (Wildman–Crippen LogP) is 2.46. The molecule has 3 unspecified atom stereocenters. The van der Waals surface area contributed by atoms with Gasteiger partial charge in [-0.15, -0.1) is 0 Å². The fraction of sp³-hybridized carbons (Fsp3) is 1.00. The van der Waals surface area contributed by atoms with Crippen LogP contribution in [0.4, 0.5) is 4.39 Å². The summed E-state index contributed by atoms with van der Waals surface area (Å²) in [6, 6.07) is 0.677. The largest absolute Gasteiger partial charge is 0.294 e. The molecule has 13 heavy (non-hydrogen) atoms. The van der Waals surface area contributed by atoms with Crippen LogP contribution in [0.3, 0.4) is 0 Å². The van der Waals surface area contributed by atoms with Gasteiger partial charge in [-0.1, -0.05) is 26.7 Å². The number of alkyl halides is 1. The summed E-state index contributed by atoms with van der Waals surface area (Å²) in [6.45, 7) is 6.06. The maximum atomic E-state index is 12.7. The van der Waals surface area contributed by atoms with Crippen LogP contribution < -0.4 is 0 Å². The minimum absolute atomic E-state index is 0.538. The quantitative estimate of drug-likeness (QED) is 0.606. The van der Waals surface area contributed by atoms with Crippen LogP contribution in [0.2, 0.25) is 0 Å². The number of hydrogen-bond donors (Lipinski definition) is 0. The number of likely N-dealkylation sites (tertiary alicyclic amines) is 1. The second kappa shape index (κ2) is 3.56. The summed E-state index contributed by atoms with van der Waals surface area (Å²) < 4.78 is 12.7. The lowest BCUT2D eigenvalue weighted by molar-refractivity contribution is -0.0179.